The van der Waals surface area contributed by atoms with Gasteiger partial charge in [-0.05, 0) is 25.3 Å². The van der Waals surface area contributed by atoms with Crippen LogP contribution in [0.3, 0.4) is 0 Å². The van der Waals surface area contributed by atoms with Crippen LogP contribution in [0.1, 0.15) is 6.92 Å². The molecule has 0 saturated heterocycles. The van der Waals surface area contributed by atoms with Crippen LogP contribution in [0.15, 0.2) is 29.2 Å². The molecule has 0 aromatic heterocycles. The van der Waals surface area contributed by atoms with Crippen molar-refractivity contribution < 1.29 is 9.84 Å². The van der Waals surface area contributed by atoms with Crippen molar-refractivity contribution in [1.82, 2.24) is 0 Å². The van der Waals surface area contributed by atoms with Crippen LogP contribution in [-0.2, 0) is 4.74 Å². The van der Waals surface area contributed by atoms with E-state index in [0.29, 0.717) is 19.8 Å². The predicted molar refractivity (Wildman–Crippen MR) is 69.2 cm³/mol. The number of nitrogens with one attached hydrogen (secondary N) is 1. The lowest BCUT2D eigenvalue weighted by Gasteiger charge is -2.14. The van der Waals surface area contributed by atoms with Gasteiger partial charge in [-0.15, -0.1) is 11.8 Å². The molecule has 0 fully saturated rings. The Morgan fingerprint density at radius 3 is 2.88 bits per heavy atom. The second-order valence-corrected chi connectivity index (χ2v) is 4.24. The van der Waals surface area contributed by atoms with Crippen LogP contribution < -0.4 is 5.32 Å². The number of ether oxygens (including phenoxy) is 1. The summed E-state index contributed by atoms with van der Waals surface area (Å²) in [7, 11) is 0. The van der Waals surface area contributed by atoms with Gasteiger partial charge in [0.25, 0.3) is 0 Å². The molecule has 0 radical (unpaired) electrons. The molecule has 3 nitrogen and oxygen atoms in total. The largest absolute Gasteiger partial charge is 0.389 e. The summed E-state index contributed by atoms with van der Waals surface area (Å²) >= 11 is 1.69. The average Bonchev–Trinajstić information content (AvgIpc) is 2.34. The number of aliphatic hydroxyl groups excluding tert-OH is 1. The summed E-state index contributed by atoms with van der Waals surface area (Å²) in [5.74, 6) is 0. The number of para-hydroxylation sites is 1. The van der Waals surface area contributed by atoms with Crippen LogP contribution in [0.25, 0.3) is 0 Å². The van der Waals surface area contributed by atoms with E-state index in [1.165, 1.54) is 4.90 Å². The summed E-state index contributed by atoms with van der Waals surface area (Å²) in [5.41, 5.74) is 1.06. The van der Waals surface area contributed by atoms with E-state index < -0.39 is 6.10 Å². The van der Waals surface area contributed by atoms with Crippen LogP contribution >= 0.6 is 11.8 Å². The Hall–Kier alpha value is -0.710. The highest BCUT2D eigenvalue weighted by Crippen LogP contribution is 2.24. The molecule has 1 unspecified atom stereocenters. The van der Waals surface area contributed by atoms with E-state index in [1.54, 1.807) is 11.8 Å². The molecular weight excluding hydrogens is 222 g/mol. The van der Waals surface area contributed by atoms with Crippen LogP contribution in [0.2, 0.25) is 0 Å². The summed E-state index contributed by atoms with van der Waals surface area (Å²) in [4.78, 5) is 1.19. The van der Waals surface area contributed by atoms with E-state index >= 15 is 0 Å². The highest BCUT2D eigenvalue weighted by molar-refractivity contribution is 7.98. The molecule has 4 heteroatoms. The van der Waals surface area contributed by atoms with Crippen molar-refractivity contribution in [2.24, 2.45) is 0 Å². The molecule has 90 valence electrons. The van der Waals surface area contributed by atoms with E-state index in [0.717, 1.165) is 5.69 Å². The minimum Gasteiger partial charge on any atom is -0.389 e. The first-order valence-electron chi connectivity index (χ1n) is 5.40. The molecule has 2 N–H and O–H groups in total. The summed E-state index contributed by atoms with van der Waals surface area (Å²) < 4.78 is 5.15. The predicted octanol–water partition coefficient (Wildman–Crippen LogP) is 2.22. The Morgan fingerprint density at radius 2 is 2.19 bits per heavy atom. The zero-order chi connectivity index (χ0) is 11.8. The molecule has 16 heavy (non-hydrogen) atoms. The van der Waals surface area contributed by atoms with Gasteiger partial charge in [-0.2, -0.15) is 0 Å². The molecule has 1 aromatic rings. The Morgan fingerprint density at radius 1 is 1.44 bits per heavy atom. The minimum atomic E-state index is -0.463. The maximum absolute atomic E-state index is 9.61. The van der Waals surface area contributed by atoms with Crippen molar-refractivity contribution in [2.75, 3.05) is 31.3 Å². The van der Waals surface area contributed by atoms with Crippen molar-refractivity contribution in [3.63, 3.8) is 0 Å². The quantitative estimate of drug-likeness (QED) is 0.718. The summed E-state index contributed by atoms with van der Waals surface area (Å²) in [6.45, 7) is 3.45. The highest BCUT2D eigenvalue weighted by atomic mass is 32.2. The molecule has 0 heterocycles. The van der Waals surface area contributed by atoms with Gasteiger partial charge in [0.15, 0.2) is 0 Å². The monoisotopic (exact) mass is 241 g/mol. The Kier molecular flexibility index (Phi) is 6.30. The van der Waals surface area contributed by atoms with E-state index in [-0.39, 0.29) is 0 Å². The summed E-state index contributed by atoms with van der Waals surface area (Å²) in [6, 6.07) is 8.06. The topological polar surface area (TPSA) is 41.5 Å². The fraction of sp³-hybridized carbons (Fsp3) is 0.500. The van der Waals surface area contributed by atoms with Crippen LogP contribution in [0.5, 0.6) is 0 Å². The number of hydrogen-bond donors (Lipinski definition) is 2. The lowest BCUT2D eigenvalue weighted by molar-refractivity contribution is 0.0495. The fourth-order valence-electron chi connectivity index (χ4n) is 1.33. The standard InChI is InChI=1S/C12H19NO2S/c1-3-15-9-10(14)8-13-11-6-4-5-7-12(11)16-2/h4-7,10,13-14H,3,8-9H2,1-2H3. The van der Waals surface area contributed by atoms with Crippen molar-refractivity contribution in [3.8, 4) is 0 Å². The zero-order valence-electron chi connectivity index (χ0n) is 9.77. The van der Waals surface area contributed by atoms with Gasteiger partial charge in [0.05, 0.1) is 12.7 Å². The normalized spacial score (nSPS) is 12.4. The van der Waals surface area contributed by atoms with Gasteiger partial charge < -0.3 is 15.2 Å². The molecule has 0 aliphatic heterocycles. The number of hydrogen-bond acceptors (Lipinski definition) is 4. The smallest absolute Gasteiger partial charge is 0.0945 e. The molecule has 0 saturated carbocycles. The number of rotatable bonds is 7. The third-order valence-electron chi connectivity index (χ3n) is 2.15. The van der Waals surface area contributed by atoms with Gasteiger partial charge in [0.1, 0.15) is 0 Å². The van der Waals surface area contributed by atoms with Gasteiger partial charge >= 0.3 is 0 Å². The van der Waals surface area contributed by atoms with E-state index in [9.17, 15) is 5.11 Å². The Labute approximate surface area is 101 Å². The minimum absolute atomic E-state index is 0.380. The third-order valence-corrected chi connectivity index (χ3v) is 2.95. The SMILES string of the molecule is CCOCC(O)CNc1ccccc1SC. The Bertz CT molecular complexity index is 307. The van der Waals surface area contributed by atoms with Crippen molar-refractivity contribution >= 4 is 17.4 Å². The third kappa shape index (κ3) is 4.43. The van der Waals surface area contributed by atoms with E-state index in [1.807, 2.05) is 31.4 Å². The van der Waals surface area contributed by atoms with Gasteiger partial charge in [-0.25, -0.2) is 0 Å². The summed E-state index contributed by atoms with van der Waals surface area (Å²) in [5, 5.41) is 12.8. The molecule has 0 aliphatic carbocycles. The first-order chi connectivity index (χ1) is 7.77. The van der Waals surface area contributed by atoms with Gasteiger partial charge in [0.2, 0.25) is 0 Å². The van der Waals surface area contributed by atoms with Crippen LogP contribution in [-0.4, -0.2) is 37.2 Å². The molecular formula is C12H19NO2S. The molecule has 0 aliphatic rings. The lowest BCUT2D eigenvalue weighted by atomic mass is 10.3. The lowest BCUT2D eigenvalue weighted by Crippen LogP contribution is -2.24. The molecule has 0 bridgehead atoms. The fourth-order valence-corrected chi connectivity index (χ4v) is 1.91. The summed E-state index contributed by atoms with van der Waals surface area (Å²) in [6.07, 6.45) is 1.58. The molecule has 1 atom stereocenters. The number of benzene rings is 1. The molecule has 1 rings (SSSR count). The van der Waals surface area contributed by atoms with Gasteiger partial charge in [-0.3, -0.25) is 0 Å². The Balaban J connectivity index is 2.41. The molecule has 0 spiro atoms. The average molecular weight is 241 g/mol. The van der Waals surface area contributed by atoms with Gasteiger partial charge in [-0.1, -0.05) is 12.1 Å². The maximum atomic E-state index is 9.61. The molecule has 1 aromatic carbocycles. The first-order valence-corrected chi connectivity index (χ1v) is 6.63. The van der Waals surface area contributed by atoms with Gasteiger partial charge in [0, 0.05) is 23.7 Å². The van der Waals surface area contributed by atoms with Crippen molar-refractivity contribution in [2.45, 2.75) is 17.9 Å². The number of aliphatic hydroxyl groups is 1. The first kappa shape index (κ1) is 13.4. The number of anilines is 1. The molecule has 0 amide bonds. The highest BCUT2D eigenvalue weighted by Gasteiger charge is 2.05. The van der Waals surface area contributed by atoms with Crippen LogP contribution in [0.4, 0.5) is 5.69 Å². The van der Waals surface area contributed by atoms with E-state index in [2.05, 4.69) is 11.4 Å². The second-order valence-electron chi connectivity index (χ2n) is 3.39. The maximum Gasteiger partial charge on any atom is 0.0945 e. The van der Waals surface area contributed by atoms with Crippen molar-refractivity contribution in [3.05, 3.63) is 24.3 Å². The van der Waals surface area contributed by atoms with E-state index in [4.69, 9.17) is 4.74 Å². The zero-order valence-corrected chi connectivity index (χ0v) is 10.6. The second kappa shape index (κ2) is 7.54. The van der Waals surface area contributed by atoms with Crippen molar-refractivity contribution in [1.29, 1.82) is 0 Å². The van der Waals surface area contributed by atoms with Crippen LogP contribution in [0, 0.1) is 0 Å². The number of thioether (sulfide) groups is 1.